The van der Waals surface area contributed by atoms with Gasteiger partial charge in [0, 0.05) is 20.3 Å². The van der Waals surface area contributed by atoms with Gasteiger partial charge in [0.15, 0.2) is 0 Å². The summed E-state index contributed by atoms with van der Waals surface area (Å²) in [6, 6.07) is 9.95. The first-order chi connectivity index (χ1) is 7.53. The monoisotopic (exact) mass is 279 g/mol. The highest BCUT2D eigenvalue weighted by molar-refractivity contribution is 7.52. The highest BCUT2D eigenvalue weighted by atomic mass is 35.5. The lowest BCUT2D eigenvalue weighted by Crippen LogP contribution is -2.27. The summed E-state index contributed by atoms with van der Waals surface area (Å²) in [4.78, 5) is 0. The van der Waals surface area contributed by atoms with Crippen LogP contribution in [0.4, 0.5) is 0 Å². The lowest BCUT2D eigenvalue weighted by Gasteiger charge is -2.18. The molecule has 0 aliphatic rings. The van der Waals surface area contributed by atoms with E-state index in [4.69, 9.17) is 9.05 Å². The molecule has 0 amide bonds. The molecule has 2 atom stereocenters. The van der Waals surface area contributed by atoms with E-state index in [1.165, 1.54) is 13.8 Å². The first-order valence-electron chi connectivity index (χ1n) is 5.12. The molecule has 1 N–H and O–H groups in total. The van der Waals surface area contributed by atoms with E-state index in [1.54, 1.807) is 6.92 Å². The minimum atomic E-state index is -2.91. The van der Waals surface area contributed by atoms with E-state index in [0.29, 0.717) is 6.54 Å². The summed E-state index contributed by atoms with van der Waals surface area (Å²) >= 11 is 0. The van der Waals surface area contributed by atoms with Crippen LogP contribution in [0.2, 0.25) is 0 Å². The Labute approximate surface area is 109 Å². The minimum absolute atomic E-state index is 0. The lowest BCUT2D eigenvalue weighted by atomic mass is 10.2. The van der Waals surface area contributed by atoms with Crippen molar-refractivity contribution in [1.82, 2.24) is 5.32 Å². The highest BCUT2D eigenvalue weighted by Crippen LogP contribution is 2.43. The third-order valence-electron chi connectivity index (χ3n) is 2.12. The van der Waals surface area contributed by atoms with Crippen LogP contribution in [0.5, 0.6) is 0 Å². The molecular formula is C11H19ClNO3P. The predicted molar refractivity (Wildman–Crippen MR) is 71.6 cm³/mol. The zero-order valence-electron chi connectivity index (χ0n) is 10.3. The zero-order valence-corrected chi connectivity index (χ0v) is 12.0. The molecule has 0 aliphatic carbocycles. The summed E-state index contributed by atoms with van der Waals surface area (Å²) < 4.78 is 21.5. The van der Waals surface area contributed by atoms with E-state index < -0.39 is 7.60 Å². The second-order valence-corrected chi connectivity index (χ2v) is 5.69. The molecule has 0 bridgehead atoms. The Morgan fingerprint density at radius 2 is 1.94 bits per heavy atom. The molecule has 1 aromatic rings. The topological polar surface area (TPSA) is 47.6 Å². The van der Waals surface area contributed by atoms with Crippen LogP contribution in [0.15, 0.2) is 30.3 Å². The molecule has 0 aromatic heterocycles. The maximum absolute atomic E-state index is 11.5. The van der Waals surface area contributed by atoms with Gasteiger partial charge in [-0.2, -0.15) is 0 Å². The van der Waals surface area contributed by atoms with Gasteiger partial charge in [0.25, 0.3) is 0 Å². The molecule has 4 nitrogen and oxygen atoms in total. The SMILES string of the molecule is COP(C)(=O)OC(C)NCc1ccccc1.Cl. The van der Waals surface area contributed by atoms with Crippen LogP contribution in [0.1, 0.15) is 12.5 Å². The Bertz CT molecular complexity index is 361. The van der Waals surface area contributed by atoms with Gasteiger partial charge < -0.3 is 4.52 Å². The second kappa shape index (κ2) is 7.85. The van der Waals surface area contributed by atoms with E-state index in [-0.39, 0.29) is 18.6 Å². The maximum atomic E-state index is 11.5. The molecule has 0 radical (unpaired) electrons. The minimum Gasteiger partial charge on any atom is -0.312 e. The fourth-order valence-corrected chi connectivity index (χ4v) is 1.96. The van der Waals surface area contributed by atoms with Crippen LogP contribution in [0.25, 0.3) is 0 Å². The van der Waals surface area contributed by atoms with Crippen molar-refractivity contribution in [2.45, 2.75) is 19.7 Å². The van der Waals surface area contributed by atoms with E-state index in [2.05, 4.69) is 5.32 Å². The van der Waals surface area contributed by atoms with Crippen LogP contribution in [0.3, 0.4) is 0 Å². The Morgan fingerprint density at radius 3 is 2.47 bits per heavy atom. The smallest absolute Gasteiger partial charge is 0.312 e. The molecule has 0 spiro atoms. The maximum Gasteiger partial charge on any atom is 0.328 e. The Hall–Kier alpha value is -0.380. The molecule has 17 heavy (non-hydrogen) atoms. The number of hydrogen-bond donors (Lipinski definition) is 1. The van der Waals surface area contributed by atoms with E-state index in [0.717, 1.165) is 5.56 Å². The van der Waals surface area contributed by atoms with E-state index in [9.17, 15) is 4.57 Å². The molecule has 0 aliphatic heterocycles. The van der Waals surface area contributed by atoms with Gasteiger partial charge in [0.1, 0.15) is 6.23 Å². The molecule has 0 saturated carbocycles. The fraction of sp³-hybridized carbons (Fsp3) is 0.455. The van der Waals surface area contributed by atoms with Crippen LogP contribution >= 0.6 is 20.0 Å². The summed E-state index contributed by atoms with van der Waals surface area (Å²) in [6.07, 6.45) is -0.309. The third-order valence-corrected chi connectivity index (χ3v) is 3.48. The quantitative estimate of drug-likeness (QED) is 0.642. The first kappa shape index (κ1) is 16.6. The molecular weight excluding hydrogens is 261 g/mol. The van der Waals surface area contributed by atoms with Crippen LogP contribution in [0, 0.1) is 0 Å². The number of rotatable bonds is 6. The Morgan fingerprint density at radius 1 is 1.35 bits per heavy atom. The number of hydrogen-bond acceptors (Lipinski definition) is 4. The number of halogens is 1. The zero-order chi connectivity index (χ0) is 12.0. The van der Waals surface area contributed by atoms with Crippen molar-refractivity contribution in [3.8, 4) is 0 Å². The molecule has 0 saturated heterocycles. The number of benzene rings is 1. The molecule has 1 rings (SSSR count). The van der Waals surface area contributed by atoms with Gasteiger partial charge in [-0.05, 0) is 12.5 Å². The van der Waals surface area contributed by atoms with Gasteiger partial charge in [0.2, 0.25) is 0 Å². The van der Waals surface area contributed by atoms with Crippen molar-refractivity contribution in [3.63, 3.8) is 0 Å². The summed E-state index contributed by atoms with van der Waals surface area (Å²) in [6.45, 7) is 3.93. The lowest BCUT2D eigenvalue weighted by molar-refractivity contribution is 0.148. The van der Waals surface area contributed by atoms with Gasteiger partial charge in [0.05, 0.1) is 0 Å². The van der Waals surface area contributed by atoms with Crippen molar-refractivity contribution < 1.29 is 13.6 Å². The fourth-order valence-electron chi connectivity index (χ4n) is 1.22. The van der Waals surface area contributed by atoms with E-state index >= 15 is 0 Å². The van der Waals surface area contributed by atoms with Crippen molar-refractivity contribution >= 4 is 20.0 Å². The molecule has 6 heteroatoms. The summed E-state index contributed by atoms with van der Waals surface area (Å²) in [7, 11) is -1.53. The first-order valence-corrected chi connectivity index (χ1v) is 7.11. The van der Waals surface area contributed by atoms with Gasteiger partial charge in [-0.3, -0.25) is 14.4 Å². The van der Waals surface area contributed by atoms with Gasteiger partial charge in [-0.15, -0.1) is 12.4 Å². The van der Waals surface area contributed by atoms with Crippen molar-refractivity contribution in [2.75, 3.05) is 13.8 Å². The normalized spacial score (nSPS) is 15.7. The average Bonchev–Trinajstić information content (AvgIpc) is 2.27. The standard InChI is InChI=1S/C11H18NO3P.ClH/c1-10(15-16(3,13)14-2)12-9-11-7-5-4-6-8-11;/h4-8,10,12H,9H2,1-3H3;1H. The molecule has 2 unspecified atom stereocenters. The molecule has 98 valence electrons. The second-order valence-electron chi connectivity index (χ2n) is 3.57. The predicted octanol–water partition coefficient (Wildman–Crippen LogP) is 3.03. The molecule has 0 fully saturated rings. The van der Waals surface area contributed by atoms with Crippen molar-refractivity contribution in [1.29, 1.82) is 0 Å². The summed E-state index contributed by atoms with van der Waals surface area (Å²) in [5, 5.41) is 3.11. The van der Waals surface area contributed by atoms with Gasteiger partial charge >= 0.3 is 7.60 Å². The van der Waals surface area contributed by atoms with Crippen molar-refractivity contribution in [3.05, 3.63) is 35.9 Å². The van der Waals surface area contributed by atoms with E-state index in [1.807, 2.05) is 30.3 Å². The summed E-state index contributed by atoms with van der Waals surface area (Å²) in [5.41, 5.74) is 1.15. The highest BCUT2D eigenvalue weighted by Gasteiger charge is 2.18. The molecule has 0 heterocycles. The van der Waals surface area contributed by atoms with Crippen molar-refractivity contribution in [2.24, 2.45) is 0 Å². The van der Waals surface area contributed by atoms with Crippen LogP contribution in [-0.2, 0) is 20.2 Å². The van der Waals surface area contributed by atoms with Crippen LogP contribution in [-0.4, -0.2) is 20.0 Å². The van der Waals surface area contributed by atoms with Gasteiger partial charge in [-0.1, -0.05) is 30.3 Å². The number of nitrogens with one attached hydrogen (secondary N) is 1. The molecule has 1 aromatic carbocycles. The largest absolute Gasteiger partial charge is 0.328 e. The summed E-state index contributed by atoms with van der Waals surface area (Å²) in [5.74, 6) is 0. The van der Waals surface area contributed by atoms with Gasteiger partial charge in [-0.25, -0.2) is 0 Å². The Balaban J connectivity index is 0.00000256. The average molecular weight is 280 g/mol. The van der Waals surface area contributed by atoms with Crippen LogP contribution < -0.4 is 5.32 Å². The Kier molecular flexibility index (Phi) is 7.68. The third kappa shape index (κ3) is 6.81.